The molecule has 0 amide bonds. The number of nitrogens with one attached hydrogen (secondary N) is 1. The predicted octanol–water partition coefficient (Wildman–Crippen LogP) is -1.46. The van der Waals surface area contributed by atoms with Gasteiger partial charge in [0, 0.05) is 19.8 Å². The molecule has 1 aromatic rings. The summed E-state index contributed by atoms with van der Waals surface area (Å²) in [5, 5.41) is 18.1. The van der Waals surface area contributed by atoms with Crippen molar-refractivity contribution in [3.63, 3.8) is 0 Å². The van der Waals surface area contributed by atoms with Gasteiger partial charge in [-0.1, -0.05) is 0 Å². The Labute approximate surface area is 114 Å². The van der Waals surface area contributed by atoms with Crippen molar-refractivity contribution in [2.45, 2.75) is 11.0 Å². The lowest BCUT2D eigenvalue weighted by Crippen LogP contribution is -2.37. The van der Waals surface area contributed by atoms with Crippen LogP contribution in [0.2, 0.25) is 0 Å². The van der Waals surface area contributed by atoms with Gasteiger partial charge >= 0.3 is 11.9 Å². The van der Waals surface area contributed by atoms with E-state index in [1.807, 2.05) is 4.72 Å². The Morgan fingerprint density at radius 3 is 2.55 bits per heavy atom. The van der Waals surface area contributed by atoms with Crippen LogP contribution < -0.4 is 4.72 Å². The summed E-state index contributed by atoms with van der Waals surface area (Å²) >= 11 is 0. The average molecular weight is 306 g/mol. The molecule has 0 bridgehead atoms. The fraction of sp³-hybridized carbons (Fsp3) is 0.400. The minimum atomic E-state index is -4.03. The van der Waals surface area contributed by atoms with Crippen LogP contribution in [-0.2, 0) is 26.6 Å². The molecule has 0 aliphatic carbocycles. The quantitative estimate of drug-likeness (QED) is 0.546. The van der Waals surface area contributed by atoms with Crippen LogP contribution in [0.4, 0.5) is 0 Å². The molecule has 0 saturated heterocycles. The number of hydrogen-bond acceptors (Lipinski definition) is 6. The molecule has 1 rings (SSSR count). The normalized spacial score (nSPS) is 12.9. The van der Waals surface area contributed by atoms with Crippen molar-refractivity contribution in [2.75, 3.05) is 13.7 Å². The van der Waals surface area contributed by atoms with Crippen molar-refractivity contribution in [1.82, 2.24) is 9.29 Å². The van der Waals surface area contributed by atoms with Gasteiger partial charge in [-0.05, 0) is 6.07 Å². The van der Waals surface area contributed by atoms with E-state index < -0.39 is 34.6 Å². The van der Waals surface area contributed by atoms with Gasteiger partial charge in [0.05, 0.1) is 7.11 Å². The molecule has 0 saturated carbocycles. The molecule has 0 aromatic carbocycles. The van der Waals surface area contributed by atoms with Crippen molar-refractivity contribution in [2.24, 2.45) is 7.05 Å². The number of aromatic nitrogens is 1. The number of hydrogen-bond donors (Lipinski definition) is 3. The predicted molar refractivity (Wildman–Crippen MR) is 65.6 cm³/mol. The number of aryl methyl sites for hydroxylation is 1. The van der Waals surface area contributed by atoms with E-state index in [4.69, 9.17) is 5.11 Å². The van der Waals surface area contributed by atoms with Gasteiger partial charge in [0.2, 0.25) is 10.0 Å². The van der Waals surface area contributed by atoms with Crippen molar-refractivity contribution in [3.8, 4) is 0 Å². The fourth-order valence-electron chi connectivity index (χ4n) is 1.39. The lowest BCUT2D eigenvalue weighted by molar-refractivity contribution is -0.149. The summed E-state index contributed by atoms with van der Waals surface area (Å²) in [5.41, 5.74) is -0.209. The Balaban J connectivity index is 2.87. The van der Waals surface area contributed by atoms with Crippen LogP contribution in [0.1, 0.15) is 10.5 Å². The third-order valence-electron chi connectivity index (χ3n) is 2.45. The van der Waals surface area contributed by atoms with Crippen LogP contribution in [0.15, 0.2) is 17.2 Å². The Morgan fingerprint density at radius 2 is 2.10 bits per heavy atom. The lowest BCUT2D eigenvalue weighted by atomic mass is 10.4. The standard InChI is InChI=1S/C10H14N2O7S/c1-12-5-6(3-7(12)9(14)15)20(17,18)11-4-8(13)10(16)19-2/h3,5,8,11,13H,4H2,1-2H3,(H,14,15). The topological polar surface area (TPSA) is 135 Å². The number of aliphatic hydroxyl groups excluding tert-OH is 1. The third kappa shape index (κ3) is 3.56. The van der Waals surface area contributed by atoms with E-state index in [0.29, 0.717) is 0 Å². The number of esters is 1. The highest BCUT2D eigenvalue weighted by Crippen LogP contribution is 2.13. The highest BCUT2D eigenvalue weighted by atomic mass is 32.2. The van der Waals surface area contributed by atoms with Gasteiger partial charge in [-0.25, -0.2) is 22.7 Å². The molecule has 0 spiro atoms. The van der Waals surface area contributed by atoms with Gasteiger partial charge in [-0.3, -0.25) is 0 Å². The number of methoxy groups -OCH3 is 1. The monoisotopic (exact) mass is 306 g/mol. The molecule has 0 aliphatic heterocycles. The molecule has 20 heavy (non-hydrogen) atoms. The summed E-state index contributed by atoms with van der Waals surface area (Å²) in [6, 6.07) is 0.967. The number of aliphatic hydroxyl groups is 1. The summed E-state index contributed by atoms with van der Waals surface area (Å²) < 4.78 is 31.1. The Kier molecular flexibility index (Phi) is 4.87. The minimum absolute atomic E-state index is 0.209. The van der Waals surface area contributed by atoms with E-state index in [-0.39, 0.29) is 10.6 Å². The smallest absolute Gasteiger partial charge is 0.352 e. The van der Waals surface area contributed by atoms with Crippen LogP contribution in [0.25, 0.3) is 0 Å². The zero-order chi connectivity index (χ0) is 15.5. The van der Waals surface area contributed by atoms with Crippen LogP contribution in [0.3, 0.4) is 0 Å². The summed E-state index contributed by atoms with van der Waals surface area (Å²) in [7, 11) is -1.60. The summed E-state index contributed by atoms with van der Waals surface area (Å²) in [6.45, 7) is -0.577. The fourth-order valence-corrected chi connectivity index (χ4v) is 2.49. The highest BCUT2D eigenvalue weighted by molar-refractivity contribution is 7.89. The van der Waals surface area contributed by atoms with E-state index in [2.05, 4.69) is 4.74 Å². The first kappa shape index (κ1) is 16.1. The lowest BCUT2D eigenvalue weighted by Gasteiger charge is -2.09. The number of aromatic carboxylic acids is 1. The first-order chi connectivity index (χ1) is 9.19. The van der Waals surface area contributed by atoms with Crippen LogP contribution >= 0.6 is 0 Å². The summed E-state index contributed by atoms with van der Waals surface area (Å²) in [5.74, 6) is -2.25. The van der Waals surface area contributed by atoms with E-state index in [0.717, 1.165) is 23.9 Å². The zero-order valence-corrected chi connectivity index (χ0v) is 11.5. The highest BCUT2D eigenvalue weighted by Gasteiger charge is 2.23. The van der Waals surface area contributed by atoms with Gasteiger partial charge in [0.25, 0.3) is 0 Å². The van der Waals surface area contributed by atoms with Crippen LogP contribution in [0, 0.1) is 0 Å². The van der Waals surface area contributed by atoms with Crippen molar-refractivity contribution in [1.29, 1.82) is 0 Å². The van der Waals surface area contributed by atoms with Crippen molar-refractivity contribution in [3.05, 3.63) is 18.0 Å². The van der Waals surface area contributed by atoms with Gasteiger partial charge in [-0.2, -0.15) is 0 Å². The molecule has 1 atom stereocenters. The molecular formula is C10H14N2O7S. The maximum atomic E-state index is 11.9. The largest absolute Gasteiger partial charge is 0.477 e. The zero-order valence-electron chi connectivity index (χ0n) is 10.7. The second-order valence-electron chi connectivity index (χ2n) is 3.87. The molecular weight excluding hydrogens is 292 g/mol. The van der Waals surface area contributed by atoms with Crippen LogP contribution in [0.5, 0.6) is 0 Å². The Hall–Kier alpha value is -1.91. The number of rotatable bonds is 6. The maximum Gasteiger partial charge on any atom is 0.352 e. The Morgan fingerprint density at radius 1 is 1.50 bits per heavy atom. The molecule has 1 heterocycles. The first-order valence-corrected chi connectivity index (χ1v) is 6.82. The molecule has 3 N–H and O–H groups in total. The summed E-state index contributed by atoms with van der Waals surface area (Å²) in [6.07, 6.45) is -0.534. The summed E-state index contributed by atoms with van der Waals surface area (Å²) in [4.78, 5) is 21.5. The molecule has 10 heteroatoms. The van der Waals surface area contributed by atoms with Crippen molar-refractivity contribution < 1.29 is 33.0 Å². The second-order valence-corrected chi connectivity index (χ2v) is 5.63. The number of carboxylic acids is 1. The molecule has 1 unspecified atom stereocenters. The van der Waals surface area contributed by atoms with E-state index >= 15 is 0 Å². The molecule has 0 aliphatic rings. The number of carboxylic acid groups (broad SMARTS) is 1. The third-order valence-corrected chi connectivity index (χ3v) is 3.84. The number of sulfonamides is 1. The molecule has 0 radical (unpaired) electrons. The minimum Gasteiger partial charge on any atom is -0.477 e. The number of nitrogens with zero attached hydrogens (tertiary/aromatic N) is 1. The number of ether oxygens (including phenoxy) is 1. The number of carbonyl (C=O) groups is 2. The van der Waals surface area contributed by atoms with Gasteiger partial charge in [0.1, 0.15) is 10.6 Å². The first-order valence-electron chi connectivity index (χ1n) is 5.34. The van der Waals surface area contributed by atoms with E-state index in [1.165, 1.54) is 7.05 Å². The average Bonchev–Trinajstić information content (AvgIpc) is 2.78. The molecule has 9 nitrogen and oxygen atoms in total. The number of carbonyl (C=O) groups excluding carboxylic acids is 1. The van der Waals surface area contributed by atoms with Gasteiger partial charge in [-0.15, -0.1) is 0 Å². The second kappa shape index (κ2) is 6.03. The van der Waals surface area contributed by atoms with Crippen molar-refractivity contribution >= 4 is 22.0 Å². The van der Waals surface area contributed by atoms with E-state index in [9.17, 15) is 23.1 Å². The molecule has 1 aromatic heterocycles. The Bertz CT molecular complexity index is 620. The van der Waals surface area contributed by atoms with E-state index in [1.54, 1.807) is 0 Å². The SMILES string of the molecule is COC(=O)C(O)CNS(=O)(=O)c1cc(C(=O)O)n(C)c1. The van der Waals surface area contributed by atoms with Gasteiger partial charge in [0.15, 0.2) is 6.10 Å². The maximum absolute atomic E-state index is 11.9. The molecule has 112 valence electrons. The van der Waals surface area contributed by atoms with Crippen LogP contribution in [-0.4, -0.2) is 54.9 Å². The van der Waals surface area contributed by atoms with Gasteiger partial charge < -0.3 is 19.5 Å². The molecule has 0 fully saturated rings.